The predicted octanol–water partition coefficient (Wildman–Crippen LogP) is 1.64. The van der Waals surface area contributed by atoms with E-state index < -0.39 is 0 Å². The first-order valence-corrected chi connectivity index (χ1v) is 5.41. The van der Waals surface area contributed by atoms with E-state index in [1.807, 2.05) is 12.3 Å². The number of hydrogen-bond acceptors (Lipinski definition) is 2. The van der Waals surface area contributed by atoms with E-state index in [0.29, 0.717) is 19.1 Å². The van der Waals surface area contributed by atoms with E-state index in [4.69, 9.17) is 12.8 Å². The van der Waals surface area contributed by atoms with Crippen molar-refractivity contribution in [2.75, 3.05) is 13.1 Å². The van der Waals surface area contributed by atoms with Crippen LogP contribution in [0.1, 0.15) is 23.7 Å². The lowest BCUT2D eigenvalue weighted by Gasteiger charge is -2.24. The molecule has 1 atom stereocenters. The van der Waals surface area contributed by atoms with Gasteiger partial charge >= 0.3 is 0 Å². The Hall–Kier alpha value is -1.77. The highest BCUT2D eigenvalue weighted by atomic mass is 15.2. The van der Waals surface area contributed by atoms with Crippen molar-refractivity contribution in [1.29, 1.82) is 0 Å². The zero-order valence-corrected chi connectivity index (χ0v) is 9.19. The van der Waals surface area contributed by atoms with Crippen LogP contribution in [0.2, 0.25) is 0 Å². The lowest BCUT2D eigenvalue weighted by molar-refractivity contribution is 0.246. The zero-order chi connectivity index (χ0) is 11.4. The summed E-state index contributed by atoms with van der Waals surface area (Å²) in [7, 11) is 0. The van der Waals surface area contributed by atoms with Gasteiger partial charge in [-0.15, -0.1) is 12.8 Å². The normalized spacial score (nSPS) is 17.8. The molecule has 0 aromatic carbocycles. The van der Waals surface area contributed by atoms with Crippen molar-refractivity contribution in [3.63, 3.8) is 0 Å². The molecule has 0 radical (unpaired) electrons. The second-order valence-electron chi connectivity index (χ2n) is 3.92. The van der Waals surface area contributed by atoms with E-state index in [1.54, 1.807) is 0 Å². The fraction of sp³-hybridized carbons (Fsp3) is 0.357. The van der Waals surface area contributed by atoms with Gasteiger partial charge < -0.3 is 0 Å². The molecule has 16 heavy (non-hydrogen) atoms. The summed E-state index contributed by atoms with van der Waals surface area (Å²) in [5.41, 5.74) is 2.47. The molecule has 0 aliphatic heterocycles. The van der Waals surface area contributed by atoms with E-state index in [2.05, 4.69) is 27.8 Å². The molecule has 1 aliphatic carbocycles. The average molecular weight is 210 g/mol. The maximum Gasteiger partial charge on any atom is 0.0614 e. The number of terminal acetylenes is 2. The van der Waals surface area contributed by atoms with Crippen LogP contribution in [-0.2, 0) is 6.42 Å². The first-order chi connectivity index (χ1) is 7.86. The van der Waals surface area contributed by atoms with Crippen molar-refractivity contribution in [1.82, 2.24) is 9.88 Å². The topological polar surface area (TPSA) is 16.1 Å². The van der Waals surface area contributed by atoms with Gasteiger partial charge in [0.05, 0.1) is 24.8 Å². The van der Waals surface area contributed by atoms with Crippen molar-refractivity contribution in [3.05, 3.63) is 29.6 Å². The molecule has 1 aliphatic rings. The monoisotopic (exact) mass is 210 g/mol. The molecule has 80 valence electrons. The maximum absolute atomic E-state index is 5.37. The molecule has 1 unspecified atom stereocenters. The highest BCUT2D eigenvalue weighted by molar-refractivity contribution is 5.28. The molecule has 0 N–H and O–H groups in total. The first kappa shape index (κ1) is 10.7. The molecule has 2 heteroatoms. The van der Waals surface area contributed by atoms with E-state index in [-0.39, 0.29) is 0 Å². The van der Waals surface area contributed by atoms with E-state index in [9.17, 15) is 0 Å². The van der Waals surface area contributed by atoms with Gasteiger partial charge in [0.15, 0.2) is 0 Å². The van der Waals surface area contributed by atoms with Crippen molar-refractivity contribution in [3.8, 4) is 24.7 Å². The lowest BCUT2D eigenvalue weighted by atomic mass is 10.2. The fourth-order valence-corrected chi connectivity index (χ4v) is 2.26. The van der Waals surface area contributed by atoms with E-state index >= 15 is 0 Å². The standard InChI is InChI=1S/C14H14N2/c1-3-10-16(11-4-2)13-8-7-12-6-5-9-15-14(12)13/h1-2,5-6,9,13H,7-8,10-11H2. The molecule has 0 spiro atoms. The summed E-state index contributed by atoms with van der Waals surface area (Å²) in [5.74, 6) is 5.33. The molecular weight excluding hydrogens is 196 g/mol. The summed E-state index contributed by atoms with van der Waals surface area (Å²) < 4.78 is 0. The number of nitrogens with zero attached hydrogens (tertiary/aromatic N) is 2. The highest BCUT2D eigenvalue weighted by Gasteiger charge is 2.27. The minimum Gasteiger partial charge on any atom is -0.273 e. The van der Waals surface area contributed by atoms with E-state index in [0.717, 1.165) is 18.5 Å². The number of aryl methyl sites for hydroxylation is 1. The summed E-state index contributed by atoms with van der Waals surface area (Å²) >= 11 is 0. The molecule has 1 heterocycles. The molecule has 0 amide bonds. The molecular formula is C14H14N2. The Labute approximate surface area is 96.7 Å². The van der Waals surface area contributed by atoms with Gasteiger partial charge in [0.25, 0.3) is 0 Å². The van der Waals surface area contributed by atoms with Crippen LogP contribution >= 0.6 is 0 Å². The van der Waals surface area contributed by atoms with Crippen LogP contribution in [0.3, 0.4) is 0 Å². The van der Waals surface area contributed by atoms with Gasteiger partial charge in [-0.1, -0.05) is 17.9 Å². The first-order valence-electron chi connectivity index (χ1n) is 5.41. The molecule has 0 saturated carbocycles. The van der Waals surface area contributed by atoms with Gasteiger partial charge in [0, 0.05) is 6.20 Å². The van der Waals surface area contributed by atoms with Gasteiger partial charge in [-0.05, 0) is 24.5 Å². The minimum atomic E-state index is 0.295. The third-order valence-corrected chi connectivity index (χ3v) is 2.96. The van der Waals surface area contributed by atoms with Crippen LogP contribution in [0.5, 0.6) is 0 Å². The number of rotatable bonds is 3. The Bertz CT molecular complexity index is 435. The van der Waals surface area contributed by atoms with Crippen LogP contribution in [0.4, 0.5) is 0 Å². The second-order valence-corrected chi connectivity index (χ2v) is 3.92. The number of hydrogen-bond donors (Lipinski definition) is 0. The molecule has 0 bridgehead atoms. The summed E-state index contributed by atoms with van der Waals surface area (Å²) in [6.45, 7) is 1.18. The fourth-order valence-electron chi connectivity index (χ4n) is 2.26. The average Bonchev–Trinajstić information content (AvgIpc) is 2.72. The van der Waals surface area contributed by atoms with Crippen LogP contribution in [0.15, 0.2) is 18.3 Å². The third kappa shape index (κ3) is 1.94. The van der Waals surface area contributed by atoms with Crippen molar-refractivity contribution >= 4 is 0 Å². The van der Waals surface area contributed by atoms with Crippen molar-refractivity contribution < 1.29 is 0 Å². The molecule has 0 saturated heterocycles. The second kappa shape index (κ2) is 4.84. The van der Waals surface area contributed by atoms with Crippen LogP contribution in [0, 0.1) is 24.7 Å². The third-order valence-electron chi connectivity index (χ3n) is 2.96. The Kier molecular flexibility index (Phi) is 3.25. The molecule has 1 aromatic rings. The van der Waals surface area contributed by atoms with Gasteiger partial charge in [0.2, 0.25) is 0 Å². The Balaban J connectivity index is 2.23. The van der Waals surface area contributed by atoms with Gasteiger partial charge in [-0.25, -0.2) is 0 Å². The Morgan fingerprint density at radius 3 is 2.81 bits per heavy atom. The lowest BCUT2D eigenvalue weighted by Crippen LogP contribution is -2.28. The van der Waals surface area contributed by atoms with Crippen LogP contribution in [-0.4, -0.2) is 23.0 Å². The van der Waals surface area contributed by atoms with Crippen molar-refractivity contribution in [2.24, 2.45) is 0 Å². The number of aromatic nitrogens is 1. The highest BCUT2D eigenvalue weighted by Crippen LogP contribution is 2.33. The van der Waals surface area contributed by atoms with Crippen molar-refractivity contribution in [2.45, 2.75) is 18.9 Å². The SMILES string of the molecule is C#CCN(CC#C)C1CCc2cccnc21. The van der Waals surface area contributed by atoms with Gasteiger partial charge in [-0.2, -0.15) is 0 Å². The van der Waals surface area contributed by atoms with Crippen LogP contribution in [0.25, 0.3) is 0 Å². The van der Waals surface area contributed by atoms with Gasteiger partial charge in [-0.3, -0.25) is 9.88 Å². The quantitative estimate of drug-likeness (QED) is 0.705. The predicted molar refractivity (Wildman–Crippen MR) is 64.5 cm³/mol. The summed E-state index contributed by atoms with van der Waals surface area (Å²) in [6.07, 6.45) is 14.7. The summed E-state index contributed by atoms with van der Waals surface area (Å²) in [6, 6.07) is 4.41. The molecule has 2 nitrogen and oxygen atoms in total. The molecule has 2 rings (SSSR count). The summed E-state index contributed by atoms with van der Waals surface area (Å²) in [5, 5.41) is 0. The van der Waals surface area contributed by atoms with Gasteiger partial charge in [0.1, 0.15) is 0 Å². The Morgan fingerprint density at radius 2 is 2.12 bits per heavy atom. The minimum absolute atomic E-state index is 0.295. The Morgan fingerprint density at radius 1 is 1.38 bits per heavy atom. The zero-order valence-electron chi connectivity index (χ0n) is 9.19. The number of pyridine rings is 1. The maximum atomic E-state index is 5.37. The van der Waals surface area contributed by atoms with E-state index in [1.165, 1.54) is 5.56 Å². The molecule has 1 aromatic heterocycles. The molecule has 0 fully saturated rings. The number of fused-ring (bicyclic) bond motifs is 1. The van der Waals surface area contributed by atoms with Crippen LogP contribution < -0.4 is 0 Å². The smallest absolute Gasteiger partial charge is 0.0614 e. The summed E-state index contributed by atoms with van der Waals surface area (Å²) in [4.78, 5) is 6.58. The largest absolute Gasteiger partial charge is 0.273 e.